The van der Waals surface area contributed by atoms with Crippen LogP contribution in [-0.4, -0.2) is 41.1 Å². The third kappa shape index (κ3) is 3.19. The van der Waals surface area contributed by atoms with E-state index in [1.165, 1.54) is 0 Å². The SMILES string of the molecule is NC1(CC(=O)N2CCC(CO)CC2)CCCC1. The molecule has 0 bridgehead atoms. The highest BCUT2D eigenvalue weighted by atomic mass is 16.3. The van der Waals surface area contributed by atoms with Gasteiger partial charge in [-0.2, -0.15) is 0 Å². The molecule has 98 valence electrons. The van der Waals surface area contributed by atoms with Crippen LogP contribution in [0.2, 0.25) is 0 Å². The Morgan fingerprint density at radius 3 is 2.41 bits per heavy atom. The van der Waals surface area contributed by atoms with Gasteiger partial charge in [0.1, 0.15) is 0 Å². The zero-order valence-corrected chi connectivity index (χ0v) is 10.5. The molecule has 4 nitrogen and oxygen atoms in total. The van der Waals surface area contributed by atoms with Crippen molar-refractivity contribution in [2.24, 2.45) is 11.7 Å². The van der Waals surface area contributed by atoms with Crippen LogP contribution in [0.15, 0.2) is 0 Å². The maximum absolute atomic E-state index is 12.1. The molecule has 1 aliphatic carbocycles. The molecule has 2 fully saturated rings. The number of amides is 1. The Kier molecular flexibility index (Phi) is 4.05. The molecule has 0 unspecified atom stereocenters. The predicted molar refractivity (Wildman–Crippen MR) is 66.4 cm³/mol. The number of carbonyl (C=O) groups excluding carboxylic acids is 1. The summed E-state index contributed by atoms with van der Waals surface area (Å²) in [5, 5.41) is 9.06. The second-order valence-electron chi connectivity index (χ2n) is 5.75. The van der Waals surface area contributed by atoms with E-state index in [2.05, 4.69) is 0 Å². The molecule has 2 rings (SSSR count). The number of hydrogen-bond donors (Lipinski definition) is 2. The van der Waals surface area contributed by atoms with Crippen molar-refractivity contribution < 1.29 is 9.90 Å². The van der Waals surface area contributed by atoms with Gasteiger partial charge in [0.05, 0.1) is 0 Å². The topological polar surface area (TPSA) is 66.6 Å². The number of piperidine rings is 1. The van der Waals surface area contributed by atoms with Gasteiger partial charge in [0.25, 0.3) is 0 Å². The summed E-state index contributed by atoms with van der Waals surface area (Å²) >= 11 is 0. The summed E-state index contributed by atoms with van der Waals surface area (Å²) in [7, 11) is 0. The van der Waals surface area contributed by atoms with Crippen LogP contribution in [0, 0.1) is 5.92 Å². The first-order chi connectivity index (χ1) is 8.13. The van der Waals surface area contributed by atoms with Gasteiger partial charge in [-0.1, -0.05) is 12.8 Å². The Balaban J connectivity index is 1.80. The fraction of sp³-hybridized carbons (Fsp3) is 0.923. The van der Waals surface area contributed by atoms with Crippen LogP contribution in [0.4, 0.5) is 0 Å². The van der Waals surface area contributed by atoms with Crippen LogP contribution in [-0.2, 0) is 4.79 Å². The van der Waals surface area contributed by atoms with Gasteiger partial charge in [-0.25, -0.2) is 0 Å². The third-order valence-electron chi connectivity index (χ3n) is 4.33. The molecular weight excluding hydrogens is 216 g/mol. The van der Waals surface area contributed by atoms with Crippen molar-refractivity contribution in [1.29, 1.82) is 0 Å². The van der Waals surface area contributed by atoms with Crippen LogP contribution < -0.4 is 5.73 Å². The molecular formula is C13H24N2O2. The first kappa shape index (κ1) is 12.8. The minimum absolute atomic E-state index is 0.214. The van der Waals surface area contributed by atoms with Crippen LogP contribution in [0.25, 0.3) is 0 Å². The Labute approximate surface area is 103 Å². The van der Waals surface area contributed by atoms with Crippen LogP contribution in [0.1, 0.15) is 44.9 Å². The molecule has 0 aromatic heterocycles. The first-order valence-electron chi connectivity index (χ1n) is 6.80. The van der Waals surface area contributed by atoms with Gasteiger partial charge in [-0.15, -0.1) is 0 Å². The van der Waals surface area contributed by atoms with Crippen molar-refractivity contribution in [3.8, 4) is 0 Å². The molecule has 17 heavy (non-hydrogen) atoms. The number of likely N-dealkylation sites (tertiary alicyclic amines) is 1. The normalized spacial score (nSPS) is 25.2. The summed E-state index contributed by atoms with van der Waals surface area (Å²) in [5.41, 5.74) is 6.00. The standard InChI is InChI=1S/C13H24N2O2/c14-13(5-1-2-6-13)9-12(17)15-7-3-11(10-16)4-8-15/h11,16H,1-10,14H2. The quantitative estimate of drug-likeness (QED) is 0.769. The molecule has 0 aromatic carbocycles. The zero-order valence-electron chi connectivity index (χ0n) is 10.5. The van der Waals surface area contributed by atoms with E-state index < -0.39 is 0 Å². The highest BCUT2D eigenvalue weighted by molar-refractivity contribution is 5.77. The van der Waals surface area contributed by atoms with Gasteiger partial charge in [0.15, 0.2) is 0 Å². The van der Waals surface area contributed by atoms with E-state index in [-0.39, 0.29) is 18.1 Å². The number of hydrogen-bond acceptors (Lipinski definition) is 3. The summed E-state index contributed by atoms with van der Waals surface area (Å²) in [5.74, 6) is 0.600. The molecule has 1 amide bonds. The number of nitrogens with two attached hydrogens (primary N) is 1. The van der Waals surface area contributed by atoms with Gasteiger partial charge < -0.3 is 15.7 Å². The molecule has 0 spiro atoms. The van der Waals surface area contributed by atoms with Crippen LogP contribution in [0.3, 0.4) is 0 Å². The van der Waals surface area contributed by atoms with Crippen molar-refractivity contribution in [3.63, 3.8) is 0 Å². The summed E-state index contributed by atoms with van der Waals surface area (Å²) < 4.78 is 0. The van der Waals surface area contributed by atoms with Crippen molar-refractivity contribution in [3.05, 3.63) is 0 Å². The van der Waals surface area contributed by atoms with Gasteiger partial charge in [0, 0.05) is 31.7 Å². The predicted octanol–water partition coefficient (Wildman–Crippen LogP) is 0.879. The fourth-order valence-electron chi connectivity index (χ4n) is 3.03. The van der Waals surface area contributed by atoms with Gasteiger partial charge >= 0.3 is 0 Å². The van der Waals surface area contributed by atoms with Gasteiger partial charge in [-0.05, 0) is 31.6 Å². The molecule has 4 heteroatoms. The molecule has 2 aliphatic rings. The average Bonchev–Trinajstić information content (AvgIpc) is 2.76. The summed E-state index contributed by atoms with van der Waals surface area (Å²) in [6, 6.07) is 0. The lowest BCUT2D eigenvalue weighted by atomic mass is 9.92. The molecule has 0 radical (unpaired) electrons. The minimum Gasteiger partial charge on any atom is -0.396 e. The van der Waals surface area contributed by atoms with Crippen LogP contribution >= 0.6 is 0 Å². The highest BCUT2D eigenvalue weighted by Gasteiger charge is 2.34. The maximum atomic E-state index is 12.1. The van der Waals surface area contributed by atoms with E-state index in [1.807, 2.05) is 4.90 Å². The monoisotopic (exact) mass is 240 g/mol. The highest BCUT2D eigenvalue weighted by Crippen LogP contribution is 2.31. The molecule has 0 atom stereocenters. The third-order valence-corrected chi connectivity index (χ3v) is 4.33. The number of rotatable bonds is 3. The van der Waals surface area contributed by atoms with Crippen molar-refractivity contribution in [2.45, 2.75) is 50.5 Å². The fourth-order valence-corrected chi connectivity index (χ4v) is 3.03. The van der Waals surface area contributed by atoms with E-state index in [9.17, 15) is 4.79 Å². The molecule has 1 heterocycles. The molecule has 1 saturated heterocycles. The molecule has 1 saturated carbocycles. The number of nitrogens with zero attached hydrogens (tertiary/aromatic N) is 1. The smallest absolute Gasteiger partial charge is 0.224 e. The Bertz CT molecular complexity index is 267. The number of aliphatic hydroxyl groups is 1. The lowest BCUT2D eigenvalue weighted by molar-refractivity contribution is -0.134. The summed E-state index contributed by atoms with van der Waals surface area (Å²) in [4.78, 5) is 14.1. The lowest BCUT2D eigenvalue weighted by Crippen LogP contribution is -2.46. The van der Waals surface area contributed by atoms with Gasteiger partial charge in [0.2, 0.25) is 5.91 Å². The summed E-state index contributed by atoms with van der Waals surface area (Å²) in [6.45, 7) is 1.84. The maximum Gasteiger partial charge on any atom is 0.224 e. The Hall–Kier alpha value is -0.610. The average molecular weight is 240 g/mol. The van der Waals surface area contributed by atoms with Crippen LogP contribution in [0.5, 0.6) is 0 Å². The first-order valence-corrected chi connectivity index (χ1v) is 6.80. The van der Waals surface area contributed by atoms with E-state index in [0.29, 0.717) is 12.3 Å². The van der Waals surface area contributed by atoms with E-state index in [0.717, 1.165) is 51.6 Å². The minimum atomic E-state index is -0.231. The zero-order chi connectivity index (χ0) is 12.3. The lowest BCUT2D eigenvalue weighted by Gasteiger charge is -2.33. The Morgan fingerprint density at radius 1 is 1.29 bits per heavy atom. The molecule has 0 aromatic rings. The van der Waals surface area contributed by atoms with Gasteiger partial charge in [-0.3, -0.25) is 4.79 Å². The number of aliphatic hydroxyl groups excluding tert-OH is 1. The van der Waals surface area contributed by atoms with Crippen molar-refractivity contribution >= 4 is 5.91 Å². The number of carbonyl (C=O) groups is 1. The van der Waals surface area contributed by atoms with Crippen molar-refractivity contribution in [2.75, 3.05) is 19.7 Å². The largest absolute Gasteiger partial charge is 0.396 e. The van der Waals surface area contributed by atoms with Crippen molar-refractivity contribution in [1.82, 2.24) is 4.90 Å². The summed E-state index contributed by atoms with van der Waals surface area (Å²) in [6.07, 6.45) is 6.68. The Morgan fingerprint density at radius 2 is 1.88 bits per heavy atom. The molecule has 1 aliphatic heterocycles. The van der Waals surface area contributed by atoms with E-state index in [4.69, 9.17) is 10.8 Å². The van der Waals surface area contributed by atoms with E-state index >= 15 is 0 Å². The molecule has 3 N–H and O–H groups in total. The van der Waals surface area contributed by atoms with E-state index in [1.54, 1.807) is 0 Å². The second kappa shape index (κ2) is 5.36. The second-order valence-corrected chi connectivity index (χ2v) is 5.75.